The molecule has 0 radical (unpaired) electrons. The van der Waals surface area contributed by atoms with Crippen LogP contribution in [0.1, 0.15) is 60.3 Å². The minimum atomic E-state index is 0.779. The summed E-state index contributed by atoms with van der Waals surface area (Å²) in [6.07, 6.45) is 5.79. The van der Waals surface area contributed by atoms with Crippen molar-refractivity contribution < 1.29 is 0 Å². The molecule has 0 bridgehead atoms. The van der Waals surface area contributed by atoms with Gasteiger partial charge in [0.2, 0.25) is 0 Å². The van der Waals surface area contributed by atoms with Crippen LogP contribution in [0.3, 0.4) is 0 Å². The van der Waals surface area contributed by atoms with Gasteiger partial charge in [0.1, 0.15) is 0 Å². The van der Waals surface area contributed by atoms with Gasteiger partial charge in [-0.15, -0.1) is 0 Å². The first kappa shape index (κ1) is 15.0. The number of rotatable bonds is 6. The first-order chi connectivity index (χ1) is 7.99. The molecule has 0 aliphatic heterocycles. The highest BCUT2D eigenvalue weighted by atomic mass is 14.9. The van der Waals surface area contributed by atoms with Crippen molar-refractivity contribution >= 4 is 0 Å². The van der Waals surface area contributed by atoms with Gasteiger partial charge in [0.25, 0.3) is 0 Å². The van der Waals surface area contributed by atoms with Gasteiger partial charge in [-0.05, 0) is 61.9 Å². The van der Waals surface area contributed by atoms with E-state index in [9.17, 15) is 0 Å². The van der Waals surface area contributed by atoms with Gasteiger partial charge in [-0.2, -0.15) is 0 Å². The lowest BCUT2D eigenvalue weighted by atomic mass is 9.71. The van der Waals surface area contributed by atoms with Crippen LogP contribution in [-0.4, -0.2) is 13.1 Å². The minimum absolute atomic E-state index is 0.779. The van der Waals surface area contributed by atoms with Gasteiger partial charge >= 0.3 is 0 Å². The van der Waals surface area contributed by atoms with Crippen molar-refractivity contribution in [1.82, 2.24) is 5.32 Å². The monoisotopic (exact) mass is 239 g/mol. The molecule has 1 fully saturated rings. The largest absolute Gasteiger partial charge is 0.316 e. The fraction of sp³-hybridized carbons (Fsp3) is 1.00. The summed E-state index contributed by atoms with van der Waals surface area (Å²) in [6.45, 7) is 14.2. The van der Waals surface area contributed by atoms with Crippen molar-refractivity contribution in [3.63, 3.8) is 0 Å². The highest BCUT2D eigenvalue weighted by molar-refractivity contribution is 4.80. The Morgan fingerprint density at radius 2 is 1.71 bits per heavy atom. The fourth-order valence-electron chi connectivity index (χ4n) is 3.28. The van der Waals surface area contributed by atoms with Gasteiger partial charge in [-0.3, -0.25) is 0 Å². The quantitative estimate of drug-likeness (QED) is 0.727. The summed E-state index contributed by atoms with van der Waals surface area (Å²) in [6, 6.07) is 0. The highest BCUT2D eigenvalue weighted by Crippen LogP contribution is 2.37. The molecule has 0 aromatic heterocycles. The zero-order valence-electron chi connectivity index (χ0n) is 12.6. The van der Waals surface area contributed by atoms with Gasteiger partial charge in [0.15, 0.2) is 0 Å². The summed E-state index contributed by atoms with van der Waals surface area (Å²) in [5.74, 6) is 4.50. The maximum atomic E-state index is 3.67. The molecule has 0 amide bonds. The molecular weight excluding hydrogens is 206 g/mol. The second-order valence-corrected chi connectivity index (χ2v) is 7.12. The third kappa shape index (κ3) is 5.90. The van der Waals surface area contributed by atoms with Crippen LogP contribution in [0, 0.1) is 29.6 Å². The number of nitrogens with one attached hydrogen (secondary N) is 1. The van der Waals surface area contributed by atoms with E-state index in [1.54, 1.807) is 0 Å². The summed E-state index contributed by atoms with van der Waals surface area (Å²) >= 11 is 0. The Kier molecular flexibility index (Phi) is 6.54. The lowest BCUT2D eigenvalue weighted by Crippen LogP contribution is -2.34. The van der Waals surface area contributed by atoms with E-state index in [2.05, 4.69) is 39.9 Å². The van der Waals surface area contributed by atoms with Crippen LogP contribution >= 0.6 is 0 Å². The van der Waals surface area contributed by atoms with E-state index in [4.69, 9.17) is 0 Å². The molecule has 102 valence electrons. The average molecular weight is 239 g/mol. The van der Waals surface area contributed by atoms with Crippen molar-refractivity contribution in [2.24, 2.45) is 29.6 Å². The van der Waals surface area contributed by atoms with Crippen molar-refractivity contribution in [3.8, 4) is 0 Å². The predicted molar refractivity (Wildman–Crippen MR) is 77.2 cm³/mol. The van der Waals surface area contributed by atoms with Crippen molar-refractivity contribution in [1.29, 1.82) is 0 Å². The van der Waals surface area contributed by atoms with Crippen LogP contribution in [-0.2, 0) is 0 Å². The minimum Gasteiger partial charge on any atom is -0.316 e. The molecule has 0 spiro atoms. The molecule has 1 nitrogen and oxygen atoms in total. The Morgan fingerprint density at radius 3 is 2.29 bits per heavy atom. The van der Waals surface area contributed by atoms with Gasteiger partial charge in [0, 0.05) is 0 Å². The first-order valence-electron chi connectivity index (χ1n) is 7.69. The maximum Gasteiger partial charge on any atom is -0.00178 e. The van der Waals surface area contributed by atoms with Gasteiger partial charge in [-0.25, -0.2) is 0 Å². The molecule has 17 heavy (non-hydrogen) atoms. The van der Waals surface area contributed by atoms with Crippen molar-refractivity contribution in [3.05, 3.63) is 0 Å². The molecule has 0 aromatic carbocycles. The summed E-state index contributed by atoms with van der Waals surface area (Å²) in [5, 5.41) is 3.67. The van der Waals surface area contributed by atoms with Crippen LogP contribution in [0.25, 0.3) is 0 Å². The zero-order chi connectivity index (χ0) is 12.8. The SMILES string of the molecule is CC(C)CNCC1CCC(C)CC1CC(C)C. The number of hydrogen-bond acceptors (Lipinski definition) is 1. The summed E-state index contributed by atoms with van der Waals surface area (Å²) in [4.78, 5) is 0. The molecule has 3 atom stereocenters. The topological polar surface area (TPSA) is 12.0 Å². The zero-order valence-corrected chi connectivity index (χ0v) is 12.6. The van der Waals surface area contributed by atoms with Crippen LogP contribution in [0.15, 0.2) is 0 Å². The van der Waals surface area contributed by atoms with Crippen LogP contribution in [0.5, 0.6) is 0 Å². The molecule has 1 saturated carbocycles. The Bertz CT molecular complexity index is 196. The molecule has 1 aliphatic rings. The molecule has 1 N–H and O–H groups in total. The molecule has 0 saturated heterocycles. The van der Waals surface area contributed by atoms with Gasteiger partial charge < -0.3 is 5.32 Å². The Balaban J connectivity index is 2.37. The average Bonchev–Trinajstić information content (AvgIpc) is 2.20. The van der Waals surface area contributed by atoms with Gasteiger partial charge in [0.05, 0.1) is 0 Å². The van der Waals surface area contributed by atoms with E-state index in [0.29, 0.717) is 0 Å². The lowest BCUT2D eigenvalue weighted by molar-refractivity contribution is 0.160. The third-order valence-corrected chi connectivity index (χ3v) is 4.14. The van der Waals surface area contributed by atoms with E-state index >= 15 is 0 Å². The molecule has 1 aliphatic carbocycles. The van der Waals surface area contributed by atoms with E-state index < -0.39 is 0 Å². The molecule has 0 heterocycles. The smallest absolute Gasteiger partial charge is 0.00178 e. The second-order valence-electron chi connectivity index (χ2n) is 7.12. The Morgan fingerprint density at radius 1 is 1.00 bits per heavy atom. The number of hydrogen-bond donors (Lipinski definition) is 1. The van der Waals surface area contributed by atoms with Crippen molar-refractivity contribution in [2.45, 2.75) is 60.3 Å². The standard InChI is InChI=1S/C16H33N/c1-12(2)8-16-9-14(5)6-7-15(16)11-17-10-13(3)4/h12-17H,6-11H2,1-5H3. The van der Waals surface area contributed by atoms with E-state index in [1.807, 2.05) is 0 Å². The molecule has 1 heteroatoms. The van der Waals surface area contributed by atoms with Crippen LogP contribution in [0.2, 0.25) is 0 Å². The fourth-order valence-corrected chi connectivity index (χ4v) is 3.28. The predicted octanol–water partition coefficient (Wildman–Crippen LogP) is 4.33. The summed E-state index contributed by atoms with van der Waals surface area (Å²) < 4.78 is 0. The molecule has 1 rings (SSSR count). The second kappa shape index (κ2) is 7.41. The van der Waals surface area contributed by atoms with E-state index in [-0.39, 0.29) is 0 Å². The normalized spacial score (nSPS) is 30.2. The molecular formula is C16H33N. The lowest BCUT2D eigenvalue weighted by Gasteiger charge is -2.36. The van der Waals surface area contributed by atoms with Crippen LogP contribution in [0.4, 0.5) is 0 Å². The highest BCUT2D eigenvalue weighted by Gasteiger charge is 2.28. The summed E-state index contributed by atoms with van der Waals surface area (Å²) in [5.41, 5.74) is 0. The van der Waals surface area contributed by atoms with Crippen molar-refractivity contribution in [2.75, 3.05) is 13.1 Å². The maximum absolute atomic E-state index is 3.67. The summed E-state index contributed by atoms with van der Waals surface area (Å²) in [7, 11) is 0. The first-order valence-corrected chi connectivity index (χ1v) is 7.69. The van der Waals surface area contributed by atoms with Crippen LogP contribution < -0.4 is 5.32 Å². The third-order valence-electron chi connectivity index (χ3n) is 4.14. The Labute approximate surface area is 109 Å². The van der Waals surface area contributed by atoms with E-state index in [0.717, 1.165) is 29.6 Å². The van der Waals surface area contributed by atoms with Gasteiger partial charge in [-0.1, -0.05) is 41.0 Å². The Hall–Kier alpha value is -0.0400. The molecule has 0 aromatic rings. The van der Waals surface area contributed by atoms with E-state index in [1.165, 1.54) is 38.8 Å². The molecule has 3 unspecified atom stereocenters.